The third-order valence-electron chi connectivity index (χ3n) is 5.86. The highest BCUT2D eigenvalue weighted by molar-refractivity contribution is 7.86. The summed E-state index contributed by atoms with van der Waals surface area (Å²) < 4.78 is 12.3. The first kappa shape index (κ1) is 15.1. The van der Waals surface area contributed by atoms with Gasteiger partial charge in [-0.1, -0.05) is 30.7 Å². The van der Waals surface area contributed by atoms with Gasteiger partial charge in [-0.2, -0.15) is 5.26 Å². The number of rotatable bonds is 3. The minimum atomic E-state index is -0.726. The Labute approximate surface area is 139 Å². The highest BCUT2D eigenvalue weighted by Gasteiger charge is 2.45. The molecule has 1 aromatic rings. The molecule has 0 aromatic heterocycles. The van der Waals surface area contributed by atoms with Gasteiger partial charge in [0.05, 0.1) is 11.5 Å². The summed E-state index contributed by atoms with van der Waals surface area (Å²) in [4.78, 5) is 12.8. The quantitative estimate of drug-likeness (QED) is 0.798. The summed E-state index contributed by atoms with van der Waals surface area (Å²) in [7, 11) is -0.726. The first-order chi connectivity index (χ1) is 11.1. The average Bonchev–Trinajstić information content (AvgIpc) is 3.35. The molecular formula is C19H21NO2S. The number of benzene rings is 1. The summed E-state index contributed by atoms with van der Waals surface area (Å²) in [6, 6.07) is 10.1. The first-order valence-corrected chi connectivity index (χ1v) is 9.86. The molecular weight excluding hydrogens is 306 g/mol. The van der Waals surface area contributed by atoms with E-state index in [0.29, 0.717) is 0 Å². The smallest absolute Gasteiger partial charge is 0.166 e. The van der Waals surface area contributed by atoms with E-state index in [1.54, 1.807) is 0 Å². The van der Waals surface area contributed by atoms with E-state index in [1.807, 2.05) is 24.3 Å². The van der Waals surface area contributed by atoms with E-state index in [2.05, 4.69) is 6.07 Å². The normalized spacial score (nSPS) is 34.4. The molecule has 4 heteroatoms. The highest BCUT2D eigenvalue weighted by atomic mass is 32.2. The maximum absolute atomic E-state index is 12.8. The van der Waals surface area contributed by atoms with Crippen LogP contribution in [0.1, 0.15) is 60.9 Å². The first-order valence-electron chi connectivity index (χ1n) is 8.58. The van der Waals surface area contributed by atoms with Gasteiger partial charge in [0.2, 0.25) is 0 Å². The van der Waals surface area contributed by atoms with Gasteiger partial charge in [-0.05, 0) is 44.1 Å². The minimum absolute atomic E-state index is 0.0275. The van der Waals surface area contributed by atoms with Crippen LogP contribution in [-0.4, -0.2) is 20.5 Å². The van der Waals surface area contributed by atoms with Crippen molar-refractivity contribution in [2.75, 3.05) is 0 Å². The van der Waals surface area contributed by atoms with Gasteiger partial charge < -0.3 is 0 Å². The molecule has 2 heterocycles. The second-order valence-electron chi connectivity index (χ2n) is 7.31. The van der Waals surface area contributed by atoms with Crippen LogP contribution >= 0.6 is 0 Å². The van der Waals surface area contributed by atoms with Crippen LogP contribution in [0.25, 0.3) is 0 Å². The van der Waals surface area contributed by atoms with E-state index < -0.39 is 10.8 Å². The van der Waals surface area contributed by atoms with Crippen molar-refractivity contribution in [3.8, 4) is 6.07 Å². The lowest BCUT2D eigenvalue weighted by Crippen LogP contribution is -2.41. The van der Waals surface area contributed by atoms with Crippen LogP contribution in [-0.2, 0) is 16.2 Å². The Hall–Kier alpha value is -1.47. The fourth-order valence-corrected chi connectivity index (χ4v) is 6.41. The van der Waals surface area contributed by atoms with Crippen molar-refractivity contribution in [2.24, 2.45) is 5.92 Å². The van der Waals surface area contributed by atoms with Gasteiger partial charge in [-0.3, -0.25) is 9.00 Å². The predicted octanol–water partition coefficient (Wildman–Crippen LogP) is 3.50. The number of nitriles is 1. The Morgan fingerprint density at radius 1 is 1.13 bits per heavy atom. The molecule has 120 valence electrons. The maximum Gasteiger partial charge on any atom is 0.166 e. The lowest BCUT2D eigenvalue weighted by molar-refractivity contribution is 0.0895. The fourth-order valence-electron chi connectivity index (χ4n) is 4.23. The summed E-state index contributed by atoms with van der Waals surface area (Å²) in [5.41, 5.74) is 1.50. The lowest BCUT2D eigenvalue weighted by atomic mass is 9.84. The molecule has 23 heavy (non-hydrogen) atoms. The molecule has 4 rings (SSSR count). The summed E-state index contributed by atoms with van der Waals surface area (Å²) >= 11 is 0. The average molecular weight is 327 g/mol. The Morgan fingerprint density at radius 3 is 2.26 bits per heavy atom. The van der Waals surface area contributed by atoms with Gasteiger partial charge in [0, 0.05) is 32.8 Å². The number of Topliss-reactive ketones (excluding diaryl/α,β-unsaturated/α-hetero) is 1. The molecule has 3 fully saturated rings. The van der Waals surface area contributed by atoms with Crippen LogP contribution in [0.5, 0.6) is 0 Å². The minimum Gasteiger partial charge on any atom is -0.294 e. The van der Waals surface area contributed by atoms with Crippen molar-refractivity contribution >= 4 is 16.6 Å². The SMILES string of the molecule is N#CC1(c2ccc(C(=O)C3CC4CCCC(C3)S4=O)cc2)CC1. The van der Waals surface area contributed by atoms with Gasteiger partial charge in [0.25, 0.3) is 0 Å². The molecule has 2 unspecified atom stereocenters. The molecule has 3 aliphatic rings. The molecule has 1 aliphatic carbocycles. The zero-order valence-electron chi connectivity index (χ0n) is 13.2. The topological polar surface area (TPSA) is 57.9 Å². The zero-order valence-corrected chi connectivity index (χ0v) is 14.0. The van der Waals surface area contributed by atoms with Gasteiger partial charge in [-0.15, -0.1) is 0 Å². The Balaban J connectivity index is 1.51. The van der Waals surface area contributed by atoms with Crippen molar-refractivity contribution in [1.82, 2.24) is 0 Å². The predicted molar refractivity (Wildman–Crippen MR) is 89.6 cm³/mol. The largest absolute Gasteiger partial charge is 0.294 e. The molecule has 2 bridgehead atoms. The molecule has 2 saturated heterocycles. The molecule has 0 spiro atoms. The van der Waals surface area contributed by atoms with Gasteiger partial charge in [0.1, 0.15) is 0 Å². The second kappa shape index (κ2) is 5.56. The number of hydrogen-bond donors (Lipinski definition) is 0. The third-order valence-corrected chi connectivity index (χ3v) is 8.03. The molecule has 0 radical (unpaired) electrons. The molecule has 0 amide bonds. The van der Waals surface area contributed by atoms with E-state index >= 15 is 0 Å². The van der Waals surface area contributed by atoms with Crippen LogP contribution in [0.2, 0.25) is 0 Å². The highest BCUT2D eigenvalue weighted by Crippen LogP contribution is 2.47. The van der Waals surface area contributed by atoms with Crippen molar-refractivity contribution in [2.45, 2.75) is 60.9 Å². The standard InChI is InChI=1S/C19H21NO2S/c20-12-19(8-9-19)15-6-4-13(5-7-15)18(21)14-10-16-2-1-3-17(11-14)23(16)22/h4-7,14,16-17H,1-3,8-11H2. The third kappa shape index (κ3) is 2.55. The van der Waals surface area contributed by atoms with Crippen molar-refractivity contribution in [3.63, 3.8) is 0 Å². The Morgan fingerprint density at radius 2 is 1.74 bits per heavy atom. The molecule has 2 aliphatic heterocycles. The number of hydrogen-bond acceptors (Lipinski definition) is 3. The lowest BCUT2D eigenvalue weighted by Gasteiger charge is -2.37. The van der Waals surface area contributed by atoms with Crippen LogP contribution in [0, 0.1) is 17.2 Å². The van der Waals surface area contributed by atoms with E-state index in [1.165, 1.54) is 0 Å². The Kier molecular flexibility index (Phi) is 3.65. The monoisotopic (exact) mass is 327 g/mol. The number of fused-ring (bicyclic) bond motifs is 2. The van der Waals surface area contributed by atoms with E-state index in [-0.39, 0.29) is 27.6 Å². The molecule has 1 saturated carbocycles. The van der Waals surface area contributed by atoms with E-state index in [9.17, 15) is 14.3 Å². The van der Waals surface area contributed by atoms with Crippen LogP contribution in [0.3, 0.4) is 0 Å². The van der Waals surface area contributed by atoms with E-state index in [0.717, 1.165) is 56.1 Å². The Bertz CT molecular complexity index is 683. The second-order valence-corrected chi connectivity index (χ2v) is 9.30. The number of ketones is 1. The number of carbonyl (C=O) groups is 1. The molecule has 2 atom stereocenters. The molecule has 3 nitrogen and oxygen atoms in total. The number of nitrogens with zero attached hydrogens (tertiary/aromatic N) is 1. The van der Waals surface area contributed by atoms with Crippen molar-refractivity contribution < 1.29 is 9.00 Å². The van der Waals surface area contributed by atoms with Crippen LogP contribution < -0.4 is 0 Å². The van der Waals surface area contributed by atoms with Gasteiger partial charge >= 0.3 is 0 Å². The van der Waals surface area contributed by atoms with Gasteiger partial charge in [0.15, 0.2) is 5.78 Å². The van der Waals surface area contributed by atoms with Crippen molar-refractivity contribution in [3.05, 3.63) is 35.4 Å². The van der Waals surface area contributed by atoms with Crippen LogP contribution in [0.4, 0.5) is 0 Å². The molecule has 1 aromatic carbocycles. The van der Waals surface area contributed by atoms with Crippen molar-refractivity contribution in [1.29, 1.82) is 5.26 Å². The molecule has 0 N–H and O–H groups in total. The van der Waals surface area contributed by atoms with Crippen LogP contribution in [0.15, 0.2) is 24.3 Å². The maximum atomic E-state index is 12.8. The van der Waals surface area contributed by atoms with Gasteiger partial charge in [-0.25, -0.2) is 0 Å². The fraction of sp³-hybridized carbons (Fsp3) is 0.579. The van der Waals surface area contributed by atoms with E-state index in [4.69, 9.17) is 0 Å². The zero-order chi connectivity index (χ0) is 16.0. The summed E-state index contributed by atoms with van der Waals surface area (Å²) in [6.45, 7) is 0. The summed E-state index contributed by atoms with van der Waals surface area (Å²) in [5.74, 6) is 0.228. The summed E-state index contributed by atoms with van der Waals surface area (Å²) in [6.07, 6.45) is 6.60. The summed E-state index contributed by atoms with van der Waals surface area (Å²) in [5, 5.41) is 9.72. The number of carbonyl (C=O) groups excluding carboxylic acids is 1.